The van der Waals surface area contributed by atoms with Gasteiger partial charge in [-0.3, -0.25) is 0 Å². The molecule has 0 aromatic carbocycles. The molecule has 0 rings (SSSR count). The Labute approximate surface area is 77.1 Å². The van der Waals surface area contributed by atoms with Gasteiger partial charge in [-0.15, -0.1) is 0 Å². The van der Waals surface area contributed by atoms with Crippen LogP contribution in [0.25, 0.3) is 0 Å². The van der Waals surface area contributed by atoms with Crippen molar-refractivity contribution >= 4 is 0 Å². The zero-order chi connectivity index (χ0) is 10.3. The van der Waals surface area contributed by atoms with Crippen molar-refractivity contribution < 1.29 is 0 Å². The van der Waals surface area contributed by atoms with E-state index in [1.165, 1.54) is 12.2 Å². The van der Waals surface area contributed by atoms with Crippen LogP contribution in [-0.2, 0) is 0 Å². The third kappa shape index (κ3) is 4.19. The predicted octanol–water partition coefficient (Wildman–Crippen LogP) is 1.99. The van der Waals surface area contributed by atoms with E-state index in [1.807, 2.05) is 12.1 Å². The minimum atomic E-state index is 0.193. The van der Waals surface area contributed by atoms with Gasteiger partial charge < -0.3 is 0 Å². The molecule has 3 heteroatoms. The summed E-state index contributed by atoms with van der Waals surface area (Å²) in [6.07, 6.45) is 2.74. The van der Waals surface area contributed by atoms with E-state index in [1.54, 1.807) is 13.0 Å². The highest BCUT2D eigenvalue weighted by Crippen LogP contribution is 2.03. The Hall–Kier alpha value is -2.31. The summed E-state index contributed by atoms with van der Waals surface area (Å²) in [6.45, 7) is 4.98. The summed E-state index contributed by atoms with van der Waals surface area (Å²) in [6, 6.07) is 5.52. The summed E-state index contributed by atoms with van der Waals surface area (Å²) >= 11 is 0. The summed E-state index contributed by atoms with van der Waals surface area (Å²) in [5, 5.41) is 25.4. The molecule has 0 aliphatic heterocycles. The Bertz CT molecular complexity index is 391. The summed E-state index contributed by atoms with van der Waals surface area (Å²) in [5.41, 5.74) is 0.864. The Morgan fingerprint density at radius 1 is 1.08 bits per heavy atom. The Kier molecular flexibility index (Phi) is 4.40. The molecule has 0 N–H and O–H groups in total. The molecule has 0 aromatic rings. The Morgan fingerprint density at radius 3 is 2.08 bits per heavy atom. The standard InChI is InChI=1S/C10H7N3/c1-8(5-11)3-10(7-13)4-9(2)6-12/h3-4H,1H2,2H3/b9-4+,10-3+. The third-order valence-electron chi connectivity index (χ3n) is 1.15. The largest absolute Gasteiger partial charge is 0.193 e. The number of hydrogen-bond donors (Lipinski definition) is 0. The second kappa shape index (κ2) is 5.35. The maximum absolute atomic E-state index is 8.59. The molecule has 0 amide bonds. The van der Waals surface area contributed by atoms with Crippen LogP contribution in [0.15, 0.2) is 35.5 Å². The van der Waals surface area contributed by atoms with Crippen LogP contribution in [0.1, 0.15) is 6.92 Å². The van der Waals surface area contributed by atoms with E-state index >= 15 is 0 Å². The lowest BCUT2D eigenvalue weighted by molar-refractivity contribution is 1.42. The molecule has 0 unspecified atom stereocenters. The molecular formula is C10H7N3. The van der Waals surface area contributed by atoms with E-state index in [0.717, 1.165) is 0 Å². The van der Waals surface area contributed by atoms with Crippen LogP contribution < -0.4 is 0 Å². The molecule has 13 heavy (non-hydrogen) atoms. The zero-order valence-electron chi connectivity index (χ0n) is 7.20. The quantitative estimate of drug-likeness (QED) is 0.468. The van der Waals surface area contributed by atoms with Gasteiger partial charge in [0.2, 0.25) is 0 Å². The van der Waals surface area contributed by atoms with E-state index < -0.39 is 0 Å². The average molecular weight is 169 g/mol. The highest BCUT2D eigenvalue weighted by Gasteiger charge is 1.93. The Morgan fingerprint density at radius 2 is 1.69 bits per heavy atom. The van der Waals surface area contributed by atoms with Crippen molar-refractivity contribution in [1.82, 2.24) is 0 Å². The minimum Gasteiger partial charge on any atom is -0.193 e. The molecule has 0 atom stereocenters. The van der Waals surface area contributed by atoms with Crippen LogP contribution in [0.2, 0.25) is 0 Å². The van der Waals surface area contributed by atoms with Gasteiger partial charge >= 0.3 is 0 Å². The molecule has 0 fully saturated rings. The van der Waals surface area contributed by atoms with Crippen molar-refractivity contribution in [2.24, 2.45) is 0 Å². The number of nitrogens with zero attached hydrogens (tertiary/aromatic N) is 3. The van der Waals surface area contributed by atoms with Crippen LogP contribution in [0.3, 0.4) is 0 Å². The minimum absolute atomic E-state index is 0.193. The Balaban J connectivity index is 4.91. The van der Waals surface area contributed by atoms with E-state index in [9.17, 15) is 0 Å². The SMILES string of the molecule is C=C(C#N)/C=C(C#N)\C=C(/C)C#N. The van der Waals surface area contributed by atoms with E-state index in [2.05, 4.69) is 6.58 Å². The highest BCUT2D eigenvalue weighted by atomic mass is 14.3. The molecule has 0 aromatic heterocycles. The van der Waals surface area contributed by atoms with Gasteiger partial charge in [-0.05, 0) is 19.1 Å². The monoisotopic (exact) mass is 169 g/mol. The van der Waals surface area contributed by atoms with Gasteiger partial charge in [-0.2, -0.15) is 15.8 Å². The van der Waals surface area contributed by atoms with Crippen molar-refractivity contribution in [1.29, 1.82) is 15.8 Å². The third-order valence-corrected chi connectivity index (χ3v) is 1.15. The van der Waals surface area contributed by atoms with Gasteiger partial charge in [0.25, 0.3) is 0 Å². The first-order valence-corrected chi connectivity index (χ1v) is 3.43. The van der Waals surface area contributed by atoms with Crippen LogP contribution in [0.4, 0.5) is 0 Å². The fourth-order valence-electron chi connectivity index (χ4n) is 0.592. The molecule has 0 aliphatic rings. The first kappa shape index (κ1) is 10.7. The van der Waals surface area contributed by atoms with Crippen molar-refractivity contribution in [2.45, 2.75) is 6.92 Å². The molecule has 0 bridgehead atoms. The molecule has 3 nitrogen and oxygen atoms in total. The highest BCUT2D eigenvalue weighted by molar-refractivity contribution is 5.45. The van der Waals surface area contributed by atoms with Crippen LogP contribution >= 0.6 is 0 Å². The molecule has 0 radical (unpaired) electrons. The fourth-order valence-corrected chi connectivity index (χ4v) is 0.592. The summed E-state index contributed by atoms with van der Waals surface area (Å²) < 4.78 is 0. The topological polar surface area (TPSA) is 71.4 Å². The lowest BCUT2D eigenvalue weighted by Crippen LogP contribution is -1.77. The number of nitriles is 3. The molecule has 0 heterocycles. The fraction of sp³-hybridized carbons (Fsp3) is 0.100. The van der Waals surface area contributed by atoms with Gasteiger partial charge in [-0.25, -0.2) is 0 Å². The lowest BCUT2D eigenvalue weighted by Gasteiger charge is -1.87. The van der Waals surface area contributed by atoms with Crippen molar-refractivity contribution in [2.75, 3.05) is 0 Å². The molecular weight excluding hydrogens is 162 g/mol. The van der Waals surface area contributed by atoms with Gasteiger partial charge in [0.1, 0.15) is 0 Å². The second-order valence-electron chi connectivity index (χ2n) is 2.29. The van der Waals surface area contributed by atoms with Crippen LogP contribution in [0, 0.1) is 34.0 Å². The maximum Gasteiger partial charge on any atom is 0.0992 e. The number of hydrogen-bond acceptors (Lipinski definition) is 3. The van der Waals surface area contributed by atoms with Crippen molar-refractivity contribution in [3.8, 4) is 18.2 Å². The van der Waals surface area contributed by atoms with Crippen molar-refractivity contribution in [3.63, 3.8) is 0 Å². The van der Waals surface area contributed by atoms with Crippen LogP contribution in [-0.4, -0.2) is 0 Å². The summed E-state index contributed by atoms with van der Waals surface area (Å²) in [4.78, 5) is 0. The van der Waals surface area contributed by atoms with Crippen LogP contribution in [0.5, 0.6) is 0 Å². The van der Waals surface area contributed by atoms with E-state index in [0.29, 0.717) is 5.57 Å². The van der Waals surface area contributed by atoms with E-state index in [-0.39, 0.29) is 11.1 Å². The van der Waals surface area contributed by atoms with Gasteiger partial charge in [0, 0.05) is 11.1 Å². The molecule has 0 saturated heterocycles. The first-order chi connectivity index (χ1) is 6.13. The molecule has 0 aliphatic carbocycles. The normalized spacial score (nSPS) is 10.9. The molecule has 0 spiro atoms. The summed E-state index contributed by atoms with van der Waals surface area (Å²) in [7, 11) is 0. The maximum atomic E-state index is 8.59. The zero-order valence-corrected chi connectivity index (χ0v) is 7.20. The smallest absolute Gasteiger partial charge is 0.0992 e. The average Bonchev–Trinajstić information content (AvgIpc) is 2.16. The predicted molar refractivity (Wildman–Crippen MR) is 47.8 cm³/mol. The molecule has 0 saturated carbocycles. The first-order valence-electron chi connectivity index (χ1n) is 3.43. The van der Waals surface area contributed by atoms with Crippen molar-refractivity contribution in [3.05, 3.63) is 35.5 Å². The van der Waals surface area contributed by atoms with Gasteiger partial charge in [0.05, 0.1) is 23.8 Å². The van der Waals surface area contributed by atoms with Gasteiger partial charge in [-0.1, -0.05) is 6.58 Å². The van der Waals surface area contributed by atoms with Gasteiger partial charge in [0.15, 0.2) is 0 Å². The van der Waals surface area contributed by atoms with E-state index in [4.69, 9.17) is 15.8 Å². The molecule has 62 valence electrons. The second-order valence-corrected chi connectivity index (χ2v) is 2.29. The summed E-state index contributed by atoms with van der Waals surface area (Å²) in [5.74, 6) is 0. The number of rotatable bonds is 2. The lowest BCUT2D eigenvalue weighted by atomic mass is 10.1. The number of allylic oxidation sites excluding steroid dienone is 5.